The van der Waals surface area contributed by atoms with Crippen LogP contribution >= 0.6 is 0 Å². The Morgan fingerprint density at radius 2 is 1.79 bits per heavy atom. The molecular weight excluding hydrogens is 662 g/mol. The quantitative estimate of drug-likeness (QED) is 0.0844. The number of methoxy groups -OCH3 is 1. The molecule has 1 saturated heterocycles. The molecule has 0 aliphatic carbocycles. The molecule has 3 rings (SSSR count). The predicted molar refractivity (Wildman–Crippen MR) is 202 cm³/mol. The fraction of sp³-hybridized carbons (Fsp3) is 0.667. The number of aliphatic hydroxyl groups excluding tert-OH is 1. The molecule has 4 N–H and O–H groups in total. The number of benzene rings is 1. The number of cyclic esters (lactones) is 1. The first-order valence-corrected chi connectivity index (χ1v) is 18.7. The van der Waals surface area contributed by atoms with E-state index in [4.69, 9.17) is 18.9 Å². The highest BCUT2D eigenvalue weighted by Crippen LogP contribution is 2.39. The minimum Gasteiger partial charge on any atom is -0.457 e. The summed E-state index contributed by atoms with van der Waals surface area (Å²) in [7, 11) is 1.72. The van der Waals surface area contributed by atoms with E-state index in [0.29, 0.717) is 12.1 Å². The molecule has 10 nitrogen and oxygen atoms in total. The molecule has 1 aromatic carbocycles. The standard InChI is InChI=1S/C42H65NO9/c1-12-33(49-11)28(4)37-38(52-37)39(43-25-30-16-18-31(19-17-30)40(6,7)8)42(10,48)22-13-14-26(2)36-27(3)15-20-34(50-29(5)44)41(9,47)23-21-32(45)24-35(46)51-36/h13-20,22,27-28,32-34,36-39,43,45,47-48H,12,21,23-25H2,1-11H3/b20-15+,22-13+,26-14+/t27?,28?,32?,33-,34-,36+,37?,38?,39?,41?,42?/m0/s1. The van der Waals surface area contributed by atoms with Gasteiger partial charge < -0.3 is 39.6 Å². The average Bonchev–Trinajstić information content (AvgIpc) is 3.84. The Morgan fingerprint density at radius 3 is 2.37 bits per heavy atom. The summed E-state index contributed by atoms with van der Waals surface area (Å²) in [5, 5.41) is 37.2. The van der Waals surface area contributed by atoms with Crippen molar-refractivity contribution < 1.29 is 43.9 Å². The lowest BCUT2D eigenvalue weighted by Gasteiger charge is -2.32. The van der Waals surface area contributed by atoms with Gasteiger partial charge in [-0.3, -0.25) is 9.59 Å². The Kier molecular flexibility index (Phi) is 15.5. The molecule has 292 valence electrons. The minimum absolute atomic E-state index is 0.0351. The molecule has 0 bridgehead atoms. The summed E-state index contributed by atoms with van der Waals surface area (Å²) in [6.45, 7) is 19.6. The van der Waals surface area contributed by atoms with Crippen molar-refractivity contribution in [2.24, 2.45) is 11.8 Å². The number of allylic oxidation sites excluding steroid dienone is 2. The van der Waals surface area contributed by atoms with Gasteiger partial charge in [-0.25, -0.2) is 0 Å². The lowest BCUT2D eigenvalue weighted by molar-refractivity contribution is -0.157. The van der Waals surface area contributed by atoms with Crippen LogP contribution in [0.25, 0.3) is 0 Å². The highest BCUT2D eigenvalue weighted by Gasteiger charge is 2.54. The predicted octanol–water partition coefficient (Wildman–Crippen LogP) is 5.86. The number of aliphatic hydroxyl groups is 3. The maximum atomic E-state index is 12.9. The third-order valence-electron chi connectivity index (χ3n) is 10.5. The zero-order valence-corrected chi connectivity index (χ0v) is 33.2. The number of rotatable bonds is 13. The van der Waals surface area contributed by atoms with Gasteiger partial charge >= 0.3 is 11.9 Å². The minimum atomic E-state index is -1.45. The lowest BCUT2D eigenvalue weighted by Crippen LogP contribution is -2.52. The second-order valence-electron chi connectivity index (χ2n) is 16.3. The number of epoxide rings is 1. The van der Waals surface area contributed by atoms with E-state index in [1.807, 2.05) is 13.8 Å². The second-order valence-corrected chi connectivity index (χ2v) is 16.3. The van der Waals surface area contributed by atoms with Gasteiger partial charge in [-0.05, 0) is 68.2 Å². The Bertz CT molecular complexity index is 1400. The van der Waals surface area contributed by atoms with Gasteiger partial charge in [0.25, 0.3) is 0 Å². The molecule has 1 aromatic rings. The van der Waals surface area contributed by atoms with E-state index in [1.165, 1.54) is 12.5 Å². The fourth-order valence-corrected chi connectivity index (χ4v) is 7.02. The summed E-state index contributed by atoms with van der Waals surface area (Å²) in [5.74, 6) is -1.36. The van der Waals surface area contributed by atoms with E-state index in [2.05, 4.69) is 64.2 Å². The molecule has 10 heteroatoms. The van der Waals surface area contributed by atoms with Crippen LogP contribution in [0.5, 0.6) is 0 Å². The summed E-state index contributed by atoms with van der Waals surface area (Å²) in [6, 6.07) is 8.07. The van der Waals surface area contributed by atoms with Crippen molar-refractivity contribution in [3.05, 3.63) is 71.3 Å². The van der Waals surface area contributed by atoms with Gasteiger partial charge in [-0.1, -0.05) is 90.1 Å². The highest BCUT2D eigenvalue weighted by molar-refractivity contribution is 5.70. The summed E-state index contributed by atoms with van der Waals surface area (Å²) < 4.78 is 23.3. The number of hydrogen-bond donors (Lipinski definition) is 4. The zero-order chi connectivity index (χ0) is 39.0. The van der Waals surface area contributed by atoms with E-state index in [9.17, 15) is 24.9 Å². The summed E-state index contributed by atoms with van der Waals surface area (Å²) in [5.41, 5.74) is 0.297. The van der Waals surface area contributed by atoms with Gasteiger partial charge in [0.1, 0.15) is 23.9 Å². The molecule has 0 radical (unpaired) electrons. The van der Waals surface area contributed by atoms with E-state index in [0.717, 1.165) is 12.0 Å². The molecule has 0 aromatic heterocycles. The van der Waals surface area contributed by atoms with Crippen LogP contribution in [-0.2, 0) is 40.5 Å². The molecule has 8 unspecified atom stereocenters. The third-order valence-corrected chi connectivity index (χ3v) is 10.5. The van der Waals surface area contributed by atoms with Gasteiger partial charge in [0, 0.05) is 32.4 Å². The maximum Gasteiger partial charge on any atom is 0.309 e. The van der Waals surface area contributed by atoms with Crippen molar-refractivity contribution in [2.45, 2.75) is 161 Å². The first kappa shape index (κ1) is 43.5. The third kappa shape index (κ3) is 12.4. The van der Waals surface area contributed by atoms with Crippen LogP contribution in [0.1, 0.15) is 106 Å². The van der Waals surface area contributed by atoms with Gasteiger partial charge in [0.05, 0.1) is 36.4 Å². The smallest absolute Gasteiger partial charge is 0.309 e. The van der Waals surface area contributed by atoms with E-state index < -0.39 is 47.5 Å². The molecule has 2 aliphatic heterocycles. The van der Waals surface area contributed by atoms with Crippen molar-refractivity contribution in [1.29, 1.82) is 0 Å². The van der Waals surface area contributed by atoms with E-state index in [-0.39, 0.29) is 54.8 Å². The van der Waals surface area contributed by atoms with Gasteiger partial charge in [0.15, 0.2) is 0 Å². The number of ether oxygens (including phenoxy) is 4. The molecule has 11 atom stereocenters. The Hall–Kier alpha value is -2.86. The van der Waals surface area contributed by atoms with Crippen molar-refractivity contribution in [2.75, 3.05) is 7.11 Å². The van der Waals surface area contributed by atoms with Gasteiger partial charge in [0.2, 0.25) is 0 Å². The first-order chi connectivity index (χ1) is 24.2. The molecule has 1 fully saturated rings. The van der Waals surface area contributed by atoms with Crippen LogP contribution < -0.4 is 5.32 Å². The Morgan fingerprint density at radius 1 is 1.13 bits per heavy atom. The fourth-order valence-electron chi connectivity index (χ4n) is 7.02. The maximum absolute atomic E-state index is 12.9. The normalized spacial score (nSPS) is 31.3. The SMILES string of the molecule is CC[C@H](OC)C(C)C1OC1C(NCc1ccc(C(C)(C)C)cc1)C(C)(O)/C=C/C=C(\C)[C@H]1OC(=O)CC(O)CCC(C)(O)[C@@H](OC(C)=O)/C=C/C1C. The first-order valence-electron chi connectivity index (χ1n) is 18.7. The van der Waals surface area contributed by atoms with Gasteiger partial charge in [-0.15, -0.1) is 0 Å². The summed E-state index contributed by atoms with van der Waals surface area (Å²) in [4.78, 5) is 24.8. The Balaban J connectivity index is 1.88. The number of nitrogens with one attached hydrogen (secondary N) is 1. The van der Waals surface area contributed by atoms with Crippen LogP contribution in [0.3, 0.4) is 0 Å². The van der Waals surface area contributed by atoms with Crippen LogP contribution in [0.15, 0.2) is 60.2 Å². The van der Waals surface area contributed by atoms with E-state index in [1.54, 1.807) is 51.3 Å². The lowest BCUT2D eigenvalue weighted by atomic mass is 9.86. The number of hydrogen-bond acceptors (Lipinski definition) is 10. The monoisotopic (exact) mass is 727 g/mol. The summed E-state index contributed by atoms with van der Waals surface area (Å²) >= 11 is 0. The molecular formula is C42H65NO9. The van der Waals surface area contributed by atoms with Crippen LogP contribution in [-0.4, -0.2) is 88.2 Å². The van der Waals surface area contributed by atoms with Crippen molar-refractivity contribution >= 4 is 11.9 Å². The van der Waals surface area contributed by atoms with Crippen molar-refractivity contribution in [1.82, 2.24) is 5.32 Å². The largest absolute Gasteiger partial charge is 0.457 e. The topological polar surface area (TPSA) is 147 Å². The number of carbonyl (C=O) groups excluding carboxylic acids is 2. The number of esters is 2. The molecule has 2 aliphatic rings. The van der Waals surface area contributed by atoms with Crippen molar-refractivity contribution in [3.63, 3.8) is 0 Å². The average molecular weight is 728 g/mol. The van der Waals surface area contributed by atoms with Gasteiger partial charge in [-0.2, -0.15) is 0 Å². The van der Waals surface area contributed by atoms with Crippen molar-refractivity contribution in [3.8, 4) is 0 Å². The van der Waals surface area contributed by atoms with Crippen LogP contribution in [0, 0.1) is 11.8 Å². The van der Waals surface area contributed by atoms with Crippen LogP contribution in [0.4, 0.5) is 0 Å². The Labute approximate surface area is 311 Å². The van der Waals surface area contributed by atoms with Crippen LogP contribution in [0.2, 0.25) is 0 Å². The summed E-state index contributed by atoms with van der Waals surface area (Å²) in [6.07, 6.45) is 6.48. The highest BCUT2D eigenvalue weighted by atomic mass is 16.6. The molecule has 0 amide bonds. The van der Waals surface area contributed by atoms with E-state index >= 15 is 0 Å². The molecule has 0 spiro atoms. The molecule has 2 heterocycles. The molecule has 0 saturated carbocycles. The number of carbonyl (C=O) groups is 2. The zero-order valence-electron chi connectivity index (χ0n) is 33.2. The molecule has 52 heavy (non-hydrogen) atoms. The second kappa shape index (κ2) is 18.5.